The van der Waals surface area contributed by atoms with E-state index in [-0.39, 0.29) is 29.2 Å². The van der Waals surface area contributed by atoms with Crippen LogP contribution in [0.4, 0.5) is 10.2 Å². The van der Waals surface area contributed by atoms with Gasteiger partial charge in [0.1, 0.15) is 17.3 Å². The Morgan fingerprint density at radius 3 is 2.66 bits per heavy atom. The summed E-state index contributed by atoms with van der Waals surface area (Å²) in [6, 6.07) is 10.9. The minimum absolute atomic E-state index is 0.144. The summed E-state index contributed by atoms with van der Waals surface area (Å²) in [7, 11) is 0. The van der Waals surface area contributed by atoms with E-state index in [9.17, 15) is 14.0 Å². The van der Waals surface area contributed by atoms with E-state index in [1.54, 1.807) is 41.4 Å². The molecule has 1 amide bonds. The van der Waals surface area contributed by atoms with Crippen LogP contribution in [0, 0.1) is 11.7 Å². The van der Waals surface area contributed by atoms with Gasteiger partial charge in [-0.15, -0.1) is 0 Å². The molecular weight excluding hydrogens is 373 g/mol. The number of amides is 1. The highest BCUT2D eigenvalue weighted by Crippen LogP contribution is 2.26. The highest BCUT2D eigenvalue weighted by atomic mass is 19.1. The van der Waals surface area contributed by atoms with Gasteiger partial charge in [-0.3, -0.25) is 14.6 Å². The second-order valence-electron chi connectivity index (χ2n) is 7.00. The van der Waals surface area contributed by atoms with Crippen LogP contribution in [-0.4, -0.2) is 44.4 Å². The molecule has 1 atom stereocenters. The Bertz CT molecular complexity index is 1030. The van der Waals surface area contributed by atoms with Crippen molar-refractivity contribution in [2.75, 3.05) is 18.8 Å². The Labute approximate surface area is 167 Å². The number of hydrogen-bond acceptors (Lipinski definition) is 5. The summed E-state index contributed by atoms with van der Waals surface area (Å²) in [5, 5.41) is 4.19. The number of Topliss-reactive ketones (excluding diaryl/α,β-unsaturated/α-hetero) is 1. The molecule has 3 heterocycles. The summed E-state index contributed by atoms with van der Waals surface area (Å²) in [4.78, 5) is 31.5. The van der Waals surface area contributed by atoms with Gasteiger partial charge in [0.05, 0.1) is 17.4 Å². The summed E-state index contributed by atoms with van der Waals surface area (Å²) in [5.74, 6) is -0.845. The van der Waals surface area contributed by atoms with E-state index in [1.807, 2.05) is 0 Å². The third kappa shape index (κ3) is 3.73. The molecule has 0 aliphatic carbocycles. The van der Waals surface area contributed by atoms with E-state index in [0.29, 0.717) is 36.5 Å². The van der Waals surface area contributed by atoms with Crippen molar-refractivity contribution in [3.8, 4) is 5.69 Å². The van der Waals surface area contributed by atoms with Crippen molar-refractivity contribution in [2.24, 2.45) is 5.92 Å². The van der Waals surface area contributed by atoms with Crippen LogP contribution < -0.4 is 5.73 Å². The molecule has 2 N–H and O–H groups in total. The quantitative estimate of drug-likeness (QED) is 0.688. The van der Waals surface area contributed by atoms with Crippen molar-refractivity contribution in [1.82, 2.24) is 19.7 Å². The molecule has 7 nitrogen and oxygen atoms in total. The average molecular weight is 393 g/mol. The number of likely N-dealkylation sites (tertiary alicyclic amines) is 1. The van der Waals surface area contributed by atoms with Gasteiger partial charge in [-0.05, 0) is 49.2 Å². The fourth-order valence-electron chi connectivity index (χ4n) is 3.58. The molecule has 2 aromatic heterocycles. The van der Waals surface area contributed by atoms with Gasteiger partial charge in [0.2, 0.25) is 0 Å². The molecule has 1 aromatic carbocycles. The van der Waals surface area contributed by atoms with Crippen molar-refractivity contribution in [3.63, 3.8) is 0 Å². The highest BCUT2D eigenvalue weighted by Gasteiger charge is 2.31. The number of nitrogen functional groups attached to an aromatic ring is 1. The van der Waals surface area contributed by atoms with Gasteiger partial charge < -0.3 is 10.6 Å². The standard InChI is InChI=1S/C21H20FN5O2/c22-15-6-8-16(9-7-15)27-20(23)17(12-25-27)19(28)14-4-3-11-26(13-14)21(29)18-5-1-2-10-24-18/h1-2,5-10,12,14H,3-4,11,13,23H2/t14-/m0/s1. The van der Waals surface area contributed by atoms with Gasteiger partial charge in [-0.1, -0.05) is 6.07 Å². The maximum absolute atomic E-state index is 13.2. The Hall–Kier alpha value is -3.55. The molecular formula is C21H20FN5O2. The lowest BCUT2D eigenvalue weighted by Crippen LogP contribution is -2.42. The number of piperidine rings is 1. The first-order chi connectivity index (χ1) is 14.0. The number of benzene rings is 1. The molecule has 0 bridgehead atoms. The molecule has 0 saturated carbocycles. The molecule has 0 unspecified atom stereocenters. The van der Waals surface area contributed by atoms with Crippen molar-refractivity contribution in [3.05, 3.63) is 71.9 Å². The van der Waals surface area contributed by atoms with Gasteiger partial charge in [0, 0.05) is 25.2 Å². The number of ketones is 1. The van der Waals surface area contributed by atoms with Crippen molar-refractivity contribution in [2.45, 2.75) is 12.8 Å². The third-order valence-electron chi connectivity index (χ3n) is 5.11. The predicted molar refractivity (Wildman–Crippen MR) is 105 cm³/mol. The van der Waals surface area contributed by atoms with Crippen molar-refractivity contribution in [1.29, 1.82) is 0 Å². The first-order valence-electron chi connectivity index (χ1n) is 9.38. The minimum Gasteiger partial charge on any atom is -0.383 e. The second-order valence-corrected chi connectivity index (χ2v) is 7.00. The van der Waals surface area contributed by atoms with Crippen LogP contribution in [0.1, 0.15) is 33.7 Å². The smallest absolute Gasteiger partial charge is 0.272 e. The topological polar surface area (TPSA) is 94.1 Å². The van der Waals surface area contributed by atoms with Crippen LogP contribution in [0.5, 0.6) is 0 Å². The van der Waals surface area contributed by atoms with E-state index in [0.717, 1.165) is 6.42 Å². The van der Waals surface area contributed by atoms with E-state index >= 15 is 0 Å². The molecule has 148 valence electrons. The summed E-state index contributed by atoms with van der Waals surface area (Å²) in [6.45, 7) is 0.902. The summed E-state index contributed by atoms with van der Waals surface area (Å²) in [6.07, 6.45) is 4.40. The van der Waals surface area contributed by atoms with Gasteiger partial charge in [0.15, 0.2) is 5.78 Å². The van der Waals surface area contributed by atoms with Crippen LogP contribution in [0.2, 0.25) is 0 Å². The maximum atomic E-state index is 13.2. The monoisotopic (exact) mass is 393 g/mol. The summed E-state index contributed by atoms with van der Waals surface area (Å²) < 4.78 is 14.6. The largest absolute Gasteiger partial charge is 0.383 e. The van der Waals surface area contributed by atoms with Crippen LogP contribution in [-0.2, 0) is 0 Å². The van der Waals surface area contributed by atoms with E-state index in [2.05, 4.69) is 10.1 Å². The number of halogens is 1. The van der Waals surface area contributed by atoms with Gasteiger partial charge in [-0.2, -0.15) is 5.10 Å². The first kappa shape index (κ1) is 18.8. The second kappa shape index (κ2) is 7.83. The highest BCUT2D eigenvalue weighted by molar-refractivity contribution is 6.02. The normalized spacial score (nSPS) is 16.6. The molecule has 29 heavy (non-hydrogen) atoms. The van der Waals surface area contributed by atoms with Crippen LogP contribution in [0.3, 0.4) is 0 Å². The summed E-state index contributed by atoms with van der Waals surface area (Å²) >= 11 is 0. The van der Waals surface area contributed by atoms with E-state index < -0.39 is 0 Å². The fraction of sp³-hybridized carbons (Fsp3) is 0.238. The van der Waals surface area contributed by atoms with Gasteiger partial charge in [0.25, 0.3) is 5.91 Å². The lowest BCUT2D eigenvalue weighted by molar-refractivity contribution is 0.0632. The molecule has 0 spiro atoms. The molecule has 1 aliphatic heterocycles. The van der Waals surface area contributed by atoms with Crippen LogP contribution in [0.15, 0.2) is 54.9 Å². The zero-order valence-corrected chi connectivity index (χ0v) is 15.7. The fourth-order valence-corrected chi connectivity index (χ4v) is 3.58. The lowest BCUT2D eigenvalue weighted by atomic mass is 9.90. The molecule has 1 saturated heterocycles. The first-order valence-corrected chi connectivity index (χ1v) is 9.38. The number of carbonyl (C=O) groups excluding carboxylic acids is 2. The third-order valence-corrected chi connectivity index (χ3v) is 5.11. The number of nitrogens with zero attached hydrogens (tertiary/aromatic N) is 4. The number of aromatic nitrogens is 3. The predicted octanol–water partition coefficient (Wildman–Crippen LogP) is 2.72. The number of pyridine rings is 1. The molecule has 3 aromatic rings. The lowest BCUT2D eigenvalue weighted by Gasteiger charge is -2.31. The van der Waals surface area contributed by atoms with E-state index in [4.69, 9.17) is 5.73 Å². The Balaban J connectivity index is 1.52. The van der Waals surface area contributed by atoms with Gasteiger partial charge in [-0.25, -0.2) is 9.07 Å². The molecule has 0 radical (unpaired) electrons. The molecule has 4 rings (SSSR count). The van der Waals surface area contributed by atoms with Crippen LogP contribution >= 0.6 is 0 Å². The maximum Gasteiger partial charge on any atom is 0.272 e. The van der Waals surface area contributed by atoms with Crippen molar-refractivity contribution < 1.29 is 14.0 Å². The molecule has 1 fully saturated rings. The average Bonchev–Trinajstić information content (AvgIpc) is 3.15. The minimum atomic E-state index is -0.365. The number of hydrogen-bond donors (Lipinski definition) is 1. The Morgan fingerprint density at radius 1 is 1.14 bits per heavy atom. The summed E-state index contributed by atoms with van der Waals surface area (Å²) in [5.41, 5.74) is 7.41. The van der Waals surface area contributed by atoms with Crippen LogP contribution in [0.25, 0.3) is 5.69 Å². The number of rotatable bonds is 4. The zero-order chi connectivity index (χ0) is 20.4. The SMILES string of the molecule is Nc1c(C(=O)[C@H]2CCCN(C(=O)c3ccccn3)C2)cnn1-c1ccc(F)cc1. The number of anilines is 1. The number of carbonyl (C=O) groups is 2. The molecule has 1 aliphatic rings. The van der Waals surface area contributed by atoms with E-state index in [1.165, 1.54) is 23.0 Å². The Kier molecular flexibility index (Phi) is 5.07. The van der Waals surface area contributed by atoms with Gasteiger partial charge >= 0.3 is 0 Å². The Morgan fingerprint density at radius 2 is 1.93 bits per heavy atom. The zero-order valence-electron chi connectivity index (χ0n) is 15.7. The van der Waals surface area contributed by atoms with Crippen molar-refractivity contribution >= 4 is 17.5 Å². The molecule has 8 heteroatoms. The number of nitrogens with two attached hydrogens (primary N) is 1.